The standard InChI is InChI=1S/C18H20N2S2/c1-4-10-20-15(16-9-6-11-21-16)12-22-18(20)19-17-13(2)7-5-8-14(17)3/h5-9,11-12H,4,10H2,1-3H3. The van der Waals surface area contributed by atoms with Crippen molar-refractivity contribution in [1.82, 2.24) is 4.57 Å². The van der Waals surface area contributed by atoms with Gasteiger partial charge in [-0.05, 0) is 42.8 Å². The molecule has 114 valence electrons. The molecular weight excluding hydrogens is 308 g/mol. The molecule has 0 unspecified atom stereocenters. The summed E-state index contributed by atoms with van der Waals surface area (Å²) in [4.78, 5) is 7.37. The fourth-order valence-corrected chi connectivity index (χ4v) is 4.32. The largest absolute Gasteiger partial charge is 0.316 e. The summed E-state index contributed by atoms with van der Waals surface area (Å²) in [6.07, 6.45) is 1.11. The van der Waals surface area contributed by atoms with Gasteiger partial charge in [0.25, 0.3) is 0 Å². The summed E-state index contributed by atoms with van der Waals surface area (Å²) >= 11 is 3.52. The number of hydrogen-bond donors (Lipinski definition) is 0. The first-order valence-electron chi connectivity index (χ1n) is 7.54. The molecule has 2 aromatic heterocycles. The van der Waals surface area contributed by atoms with E-state index in [2.05, 4.69) is 66.4 Å². The van der Waals surface area contributed by atoms with Crippen LogP contribution in [-0.4, -0.2) is 4.57 Å². The van der Waals surface area contributed by atoms with E-state index in [0.29, 0.717) is 0 Å². The lowest BCUT2D eigenvalue weighted by atomic mass is 10.1. The zero-order chi connectivity index (χ0) is 15.5. The average Bonchev–Trinajstić information content (AvgIpc) is 3.13. The second-order valence-corrected chi connectivity index (χ2v) is 7.17. The second-order valence-electron chi connectivity index (χ2n) is 5.38. The maximum atomic E-state index is 4.98. The molecule has 2 nitrogen and oxygen atoms in total. The lowest BCUT2D eigenvalue weighted by Crippen LogP contribution is -2.15. The van der Waals surface area contributed by atoms with Gasteiger partial charge in [0, 0.05) is 11.9 Å². The Morgan fingerprint density at radius 1 is 1.05 bits per heavy atom. The third-order valence-corrected chi connectivity index (χ3v) is 5.42. The molecule has 0 fully saturated rings. The maximum Gasteiger partial charge on any atom is 0.190 e. The van der Waals surface area contributed by atoms with Gasteiger partial charge in [0.1, 0.15) is 0 Å². The van der Waals surface area contributed by atoms with E-state index >= 15 is 0 Å². The van der Waals surface area contributed by atoms with Gasteiger partial charge in [-0.2, -0.15) is 0 Å². The summed E-state index contributed by atoms with van der Waals surface area (Å²) < 4.78 is 2.35. The third kappa shape index (κ3) is 2.94. The molecule has 0 aliphatic heterocycles. The molecule has 0 aliphatic rings. The van der Waals surface area contributed by atoms with Gasteiger partial charge in [0.2, 0.25) is 0 Å². The van der Waals surface area contributed by atoms with Crippen LogP contribution in [0.2, 0.25) is 0 Å². The highest BCUT2D eigenvalue weighted by Gasteiger charge is 2.09. The quantitative estimate of drug-likeness (QED) is 0.598. The zero-order valence-corrected chi connectivity index (χ0v) is 14.8. The highest BCUT2D eigenvalue weighted by Crippen LogP contribution is 2.27. The first-order valence-corrected chi connectivity index (χ1v) is 9.29. The van der Waals surface area contributed by atoms with Gasteiger partial charge in [0.15, 0.2) is 4.80 Å². The molecule has 0 bridgehead atoms. The van der Waals surface area contributed by atoms with Crippen LogP contribution in [0, 0.1) is 13.8 Å². The highest BCUT2D eigenvalue weighted by molar-refractivity contribution is 7.14. The van der Waals surface area contributed by atoms with Crippen LogP contribution in [0.3, 0.4) is 0 Å². The van der Waals surface area contributed by atoms with E-state index in [0.717, 1.165) is 23.5 Å². The Balaban J connectivity index is 2.17. The van der Waals surface area contributed by atoms with Crippen LogP contribution in [0.15, 0.2) is 46.1 Å². The van der Waals surface area contributed by atoms with E-state index in [1.807, 2.05) is 0 Å². The number of hydrogen-bond acceptors (Lipinski definition) is 3. The van der Waals surface area contributed by atoms with Crippen LogP contribution >= 0.6 is 22.7 Å². The van der Waals surface area contributed by atoms with Crippen molar-refractivity contribution in [2.45, 2.75) is 33.7 Å². The predicted octanol–water partition coefficient (Wildman–Crippen LogP) is 5.54. The van der Waals surface area contributed by atoms with Gasteiger partial charge in [-0.1, -0.05) is 31.2 Å². The maximum absolute atomic E-state index is 4.98. The topological polar surface area (TPSA) is 17.3 Å². The molecule has 0 spiro atoms. The van der Waals surface area contributed by atoms with E-state index < -0.39 is 0 Å². The Hall–Kier alpha value is -1.65. The molecule has 0 saturated carbocycles. The minimum atomic E-state index is 1.00. The highest BCUT2D eigenvalue weighted by atomic mass is 32.1. The van der Waals surface area contributed by atoms with Gasteiger partial charge in [0.05, 0.1) is 16.3 Å². The van der Waals surface area contributed by atoms with Crippen LogP contribution in [-0.2, 0) is 6.54 Å². The summed E-state index contributed by atoms with van der Waals surface area (Å²) in [6, 6.07) is 10.6. The first kappa shape index (κ1) is 15.3. The molecule has 2 heterocycles. The molecular formula is C18H20N2S2. The fourth-order valence-electron chi connectivity index (χ4n) is 2.56. The Labute approximate surface area is 139 Å². The lowest BCUT2D eigenvalue weighted by Gasteiger charge is -2.07. The van der Waals surface area contributed by atoms with E-state index in [1.54, 1.807) is 22.7 Å². The third-order valence-electron chi connectivity index (χ3n) is 3.67. The Kier molecular flexibility index (Phi) is 4.60. The van der Waals surface area contributed by atoms with Crippen molar-refractivity contribution in [2.75, 3.05) is 0 Å². The number of thiophene rings is 1. The molecule has 22 heavy (non-hydrogen) atoms. The van der Waals surface area contributed by atoms with E-state index in [9.17, 15) is 0 Å². The Morgan fingerprint density at radius 2 is 1.82 bits per heavy atom. The second kappa shape index (κ2) is 6.63. The molecule has 0 amide bonds. The van der Waals surface area contributed by atoms with Gasteiger partial charge in [-0.3, -0.25) is 0 Å². The average molecular weight is 329 g/mol. The number of rotatable bonds is 4. The lowest BCUT2D eigenvalue weighted by molar-refractivity contribution is 0.668. The van der Waals surface area contributed by atoms with Crippen LogP contribution in [0.25, 0.3) is 10.6 Å². The minimum absolute atomic E-state index is 1.00. The first-order chi connectivity index (χ1) is 10.7. The molecule has 4 heteroatoms. The van der Waals surface area contributed by atoms with Crippen LogP contribution < -0.4 is 4.80 Å². The summed E-state index contributed by atoms with van der Waals surface area (Å²) in [5, 5.41) is 4.36. The number of thiazole rings is 1. The van der Waals surface area contributed by atoms with E-state index in [-0.39, 0.29) is 0 Å². The molecule has 0 saturated heterocycles. The summed E-state index contributed by atoms with van der Waals surface area (Å²) in [5.74, 6) is 0. The van der Waals surface area contributed by atoms with Crippen molar-refractivity contribution >= 4 is 28.4 Å². The number of para-hydroxylation sites is 1. The van der Waals surface area contributed by atoms with Gasteiger partial charge in [-0.25, -0.2) is 4.99 Å². The number of nitrogens with zero attached hydrogens (tertiary/aromatic N) is 2. The number of aryl methyl sites for hydroxylation is 2. The SMILES string of the molecule is CCCn1c(-c2cccs2)csc1=Nc1c(C)cccc1C. The normalized spacial score (nSPS) is 12.0. The predicted molar refractivity (Wildman–Crippen MR) is 97.1 cm³/mol. The van der Waals surface area contributed by atoms with Crippen molar-refractivity contribution < 1.29 is 0 Å². The summed E-state index contributed by atoms with van der Waals surface area (Å²) in [6.45, 7) is 7.47. The van der Waals surface area contributed by atoms with Crippen molar-refractivity contribution in [3.63, 3.8) is 0 Å². The molecule has 0 radical (unpaired) electrons. The molecule has 0 aliphatic carbocycles. The summed E-state index contributed by atoms with van der Waals surface area (Å²) in [5.41, 5.74) is 4.85. The van der Waals surface area contributed by atoms with Crippen LogP contribution in [0.4, 0.5) is 5.69 Å². The van der Waals surface area contributed by atoms with Crippen molar-refractivity contribution in [2.24, 2.45) is 4.99 Å². The molecule has 0 N–H and O–H groups in total. The zero-order valence-electron chi connectivity index (χ0n) is 13.2. The van der Waals surface area contributed by atoms with E-state index in [4.69, 9.17) is 4.99 Å². The smallest absolute Gasteiger partial charge is 0.190 e. The number of benzene rings is 1. The minimum Gasteiger partial charge on any atom is -0.316 e. The number of aromatic nitrogens is 1. The molecule has 1 aromatic carbocycles. The van der Waals surface area contributed by atoms with Crippen molar-refractivity contribution in [3.05, 3.63) is 57.0 Å². The Morgan fingerprint density at radius 3 is 2.45 bits per heavy atom. The van der Waals surface area contributed by atoms with E-state index in [1.165, 1.54) is 21.7 Å². The Bertz CT molecular complexity index is 803. The van der Waals surface area contributed by atoms with Gasteiger partial charge in [-0.15, -0.1) is 22.7 Å². The molecule has 3 rings (SSSR count). The van der Waals surface area contributed by atoms with Crippen LogP contribution in [0.5, 0.6) is 0 Å². The monoisotopic (exact) mass is 328 g/mol. The molecule has 3 aromatic rings. The summed E-state index contributed by atoms with van der Waals surface area (Å²) in [7, 11) is 0. The van der Waals surface area contributed by atoms with Crippen LogP contribution in [0.1, 0.15) is 24.5 Å². The van der Waals surface area contributed by atoms with Gasteiger partial charge < -0.3 is 4.57 Å². The van der Waals surface area contributed by atoms with Crippen molar-refractivity contribution in [3.8, 4) is 10.6 Å². The van der Waals surface area contributed by atoms with Crippen molar-refractivity contribution in [1.29, 1.82) is 0 Å². The van der Waals surface area contributed by atoms with Gasteiger partial charge >= 0.3 is 0 Å². The fraction of sp³-hybridized carbons (Fsp3) is 0.278. The molecule has 0 atom stereocenters.